The summed E-state index contributed by atoms with van der Waals surface area (Å²) >= 11 is 0. The van der Waals surface area contributed by atoms with E-state index in [1.165, 1.54) is 0 Å². The van der Waals surface area contributed by atoms with Gasteiger partial charge in [-0.3, -0.25) is 0 Å². The van der Waals surface area contributed by atoms with Crippen LogP contribution in [0.25, 0.3) is 0 Å². The third-order valence-corrected chi connectivity index (χ3v) is 2.09. The van der Waals surface area contributed by atoms with Crippen LogP contribution in [0.2, 0.25) is 0 Å². The van der Waals surface area contributed by atoms with Crippen molar-refractivity contribution in [2.24, 2.45) is 0 Å². The lowest BCUT2D eigenvalue weighted by Gasteiger charge is -2.18. The fourth-order valence-electron chi connectivity index (χ4n) is 1.18. The van der Waals surface area contributed by atoms with E-state index in [9.17, 15) is 4.79 Å². The molecule has 0 fully saturated rings. The Morgan fingerprint density at radius 1 is 1.47 bits per heavy atom. The third kappa shape index (κ3) is 7.30. The van der Waals surface area contributed by atoms with Crippen molar-refractivity contribution in [3.05, 3.63) is 0 Å². The van der Waals surface area contributed by atoms with Gasteiger partial charge in [0.2, 0.25) is 0 Å². The molecule has 0 rings (SSSR count). The molecule has 15 heavy (non-hydrogen) atoms. The Morgan fingerprint density at radius 3 is 2.60 bits per heavy atom. The highest BCUT2D eigenvalue weighted by Gasteiger charge is 2.17. The lowest BCUT2D eigenvalue weighted by Crippen LogP contribution is -2.31. The summed E-state index contributed by atoms with van der Waals surface area (Å²) in [6.07, 6.45) is -0.191. The average Bonchev–Trinajstić information content (AvgIpc) is 2.20. The molecule has 1 atom stereocenters. The van der Waals surface area contributed by atoms with Crippen LogP contribution in [0.1, 0.15) is 13.3 Å². The quantitative estimate of drug-likeness (QED) is 0.610. The molecule has 0 bridgehead atoms. The largest absolute Gasteiger partial charge is 0.479 e. The summed E-state index contributed by atoms with van der Waals surface area (Å²) in [5.41, 5.74) is 0. The number of nitrogens with zero attached hydrogens (tertiary/aromatic N) is 1. The summed E-state index contributed by atoms with van der Waals surface area (Å²) in [7, 11) is 3.58. The number of hydrogen-bond acceptors (Lipinski definition) is 4. The van der Waals surface area contributed by atoms with Gasteiger partial charge in [0.25, 0.3) is 0 Å². The Bertz CT molecular complexity index is 175. The molecule has 0 spiro atoms. The maximum absolute atomic E-state index is 10.7. The van der Waals surface area contributed by atoms with Crippen LogP contribution in [0.15, 0.2) is 0 Å². The summed E-state index contributed by atoms with van der Waals surface area (Å²) in [4.78, 5) is 12.8. The maximum Gasteiger partial charge on any atom is 0.332 e. The van der Waals surface area contributed by atoms with E-state index >= 15 is 0 Å². The minimum atomic E-state index is -0.892. The molecule has 0 aromatic rings. The Balaban J connectivity index is 3.72. The maximum atomic E-state index is 10.7. The smallest absolute Gasteiger partial charge is 0.332 e. The number of ether oxygens (including phenoxy) is 2. The van der Waals surface area contributed by atoms with Gasteiger partial charge >= 0.3 is 5.97 Å². The summed E-state index contributed by atoms with van der Waals surface area (Å²) in [6.45, 7) is 4.38. The van der Waals surface area contributed by atoms with Crippen LogP contribution in [-0.2, 0) is 14.3 Å². The number of rotatable bonds is 9. The summed E-state index contributed by atoms with van der Waals surface area (Å²) in [5, 5.41) is 8.83. The molecule has 0 saturated heterocycles. The molecule has 0 aromatic heterocycles. The van der Waals surface area contributed by atoms with Crippen molar-refractivity contribution in [1.29, 1.82) is 0 Å². The topological polar surface area (TPSA) is 59.0 Å². The molecule has 1 N–H and O–H groups in total. The Labute approximate surface area is 91.0 Å². The fraction of sp³-hybridized carbons (Fsp3) is 0.900. The molecule has 1 unspecified atom stereocenters. The molecule has 5 heteroatoms. The van der Waals surface area contributed by atoms with Crippen LogP contribution in [-0.4, -0.2) is 62.5 Å². The van der Waals surface area contributed by atoms with Crippen LogP contribution in [0.5, 0.6) is 0 Å². The van der Waals surface area contributed by atoms with Crippen LogP contribution < -0.4 is 0 Å². The van der Waals surface area contributed by atoms with Gasteiger partial charge in [-0.05, 0) is 20.4 Å². The predicted molar refractivity (Wildman–Crippen MR) is 57.0 cm³/mol. The van der Waals surface area contributed by atoms with E-state index in [2.05, 4.69) is 0 Å². The Hall–Kier alpha value is -0.650. The van der Waals surface area contributed by atoms with Gasteiger partial charge in [0.05, 0.1) is 6.61 Å². The Kier molecular flexibility index (Phi) is 8.27. The van der Waals surface area contributed by atoms with Gasteiger partial charge in [0, 0.05) is 26.8 Å². The van der Waals surface area contributed by atoms with Crippen molar-refractivity contribution in [3.8, 4) is 0 Å². The minimum Gasteiger partial charge on any atom is -0.479 e. The SMILES string of the molecule is CCOC(CCN(C)CCOC)C(=O)O. The normalized spacial score (nSPS) is 13.1. The second-order valence-corrected chi connectivity index (χ2v) is 3.37. The summed E-state index contributed by atoms with van der Waals surface area (Å²) in [6, 6.07) is 0. The molecule has 0 heterocycles. The standard InChI is InChI=1S/C10H21NO4/c1-4-15-9(10(12)13)5-6-11(2)7-8-14-3/h9H,4-8H2,1-3H3,(H,12,13). The number of carboxylic acids is 1. The first kappa shape index (κ1) is 14.3. The molecule has 0 saturated carbocycles. The third-order valence-electron chi connectivity index (χ3n) is 2.09. The second kappa shape index (κ2) is 8.64. The highest BCUT2D eigenvalue weighted by molar-refractivity contribution is 5.72. The lowest BCUT2D eigenvalue weighted by atomic mass is 10.2. The zero-order chi connectivity index (χ0) is 11.7. The van der Waals surface area contributed by atoms with Crippen molar-refractivity contribution in [2.75, 3.05) is 40.5 Å². The van der Waals surface area contributed by atoms with E-state index in [0.717, 1.165) is 6.54 Å². The number of carboxylic acid groups (broad SMARTS) is 1. The molecule has 0 aliphatic rings. The molecule has 5 nitrogen and oxygen atoms in total. The predicted octanol–water partition coefficient (Wildman–Crippen LogP) is 0.444. The number of aliphatic carboxylic acids is 1. The van der Waals surface area contributed by atoms with Gasteiger partial charge in [0.1, 0.15) is 0 Å². The first-order chi connectivity index (χ1) is 7.11. The molecule has 0 radical (unpaired) electrons. The zero-order valence-electron chi connectivity index (χ0n) is 9.73. The van der Waals surface area contributed by atoms with Gasteiger partial charge in [-0.2, -0.15) is 0 Å². The number of hydrogen-bond donors (Lipinski definition) is 1. The van der Waals surface area contributed by atoms with Crippen LogP contribution in [0.3, 0.4) is 0 Å². The molecule has 0 aromatic carbocycles. The molecular formula is C10H21NO4. The first-order valence-corrected chi connectivity index (χ1v) is 5.13. The van der Waals surface area contributed by atoms with Crippen LogP contribution in [0, 0.1) is 0 Å². The molecular weight excluding hydrogens is 198 g/mol. The van der Waals surface area contributed by atoms with Crippen molar-refractivity contribution in [1.82, 2.24) is 4.90 Å². The minimum absolute atomic E-state index is 0.429. The van der Waals surface area contributed by atoms with Gasteiger partial charge in [-0.25, -0.2) is 4.79 Å². The van der Waals surface area contributed by atoms with Crippen molar-refractivity contribution >= 4 is 5.97 Å². The van der Waals surface area contributed by atoms with E-state index in [1.54, 1.807) is 14.0 Å². The lowest BCUT2D eigenvalue weighted by molar-refractivity contribution is -0.150. The number of carbonyl (C=O) groups is 1. The van der Waals surface area contributed by atoms with E-state index < -0.39 is 12.1 Å². The van der Waals surface area contributed by atoms with E-state index in [-0.39, 0.29) is 0 Å². The first-order valence-electron chi connectivity index (χ1n) is 5.13. The molecule has 0 amide bonds. The van der Waals surface area contributed by atoms with Gasteiger partial charge < -0.3 is 19.5 Å². The zero-order valence-corrected chi connectivity index (χ0v) is 9.73. The molecule has 0 aliphatic heterocycles. The molecule has 0 aliphatic carbocycles. The van der Waals surface area contributed by atoms with E-state index in [1.807, 2.05) is 11.9 Å². The Morgan fingerprint density at radius 2 is 2.13 bits per heavy atom. The molecule has 90 valence electrons. The average molecular weight is 219 g/mol. The van der Waals surface area contributed by atoms with Gasteiger partial charge in [-0.1, -0.05) is 0 Å². The summed E-state index contributed by atoms with van der Waals surface area (Å²) in [5.74, 6) is -0.892. The summed E-state index contributed by atoms with van der Waals surface area (Å²) < 4.78 is 10.0. The highest BCUT2D eigenvalue weighted by atomic mass is 16.5. The van der Waals surface area contributed by atoms with Gasteiger partial charge in [-0.15, -0.1) is 0 Å². The number of likely N-dealkylation sites (N-methyl/N-ethyl adjacent to an activating group) is 1. The van der Waals surface area contributed by atoms with Crippen LogP contribution in [0.4, 0.5) is 0 Å². The van der Waals surface area contributed by atoms with Gasteiger partial charge in [0.15, 0.2) is 6.10 Å². The second-order valence-electron chi connectivity index (χ2n) is 3.37. The van der Waals surface area contributed by atoms with Crippen molar-refractivity contribution in [2.45, 2.75) is 19.4 Å². The van der Waals surface area contributed by atoms with Crippen molar-refractivity contribution < 1.29 is 19.4 Å². The van der Waals surface area contributed by atoms with Crippen molar-refractivity contribution in [3.63, 3.8) is 0 Å². The van der Waals surface area contributed by atoms with E-state index in [0.29, 0.717) is 26.2 Å². The fourth-order valence-corrected chi connectivity index (χ4v) is 1.18. The monoisotopic (exact) mass is 219 g/mol. The van der Waals surface area contributed by atoms with E-state index in [4.69, 9.17) is 14.6 Å². The highest BCUT2D eigenvalue weighted by Crippen LogP contribution is 2.00. The van der Waals surface area contributed by atoms with Crippen LogP contribution >= 0.6 is 0 Å². The number of methoxy groups -OCH3 is 1.